The Bertz CT molecular complexity index is 448. The molecule has 0 N–H and O–H groups in total. The smallest absolute Gasteiger partial charge is 0.140 e. The summed E-state index contributed by atoms with van der Waals surface area (Å²) in [5, 5.41) is 17.9. The van der Waals surface area contributed by atoms with E-state index in [4.69, 9.17) is 10.5 Å². The molecule has 0 radical (unpaired) electrons. The molecule has 0 aromatic heterocycles. The molecule has 4 unspecified atom stereocenters. The molecule has 4 atom stereocenters. The van der Waals surface area contributed by atoms with E-state index in [0.29, 0.717) is 18.3 Å². The Balaban J connectivity index is 2.37. The van der Waals surface area contributed by atoms with Crippen molar-refractivity contribution in [1.82, 2.24) is 0 Å². The summed E-state index contributed by atoms with van der Waals surface area (Å²) in [6, 6.07) is 3.88. The van der Waals surface area contributed by atoms with Gasteiger partial charge in [-0.05, 0) is 36.2 Å². The van der Waals surface area contributed by atoms with Gasteiger partial charge >= 0.3 is 0 Å². The lowest BCUT2D eigenvalue weighted by Gasteiger charge is -2.34. The Morgan fingerprint density at radius 2 is 1.65 bits per heavy atom. The number of allylic oxidation sites excluding steroid dienone is 2. The van der Waals surface area contributed by atoms with Crippen molar-refractivity contribution in [3.8, 4) is 12.1 Å². The zero-order chi connectivity index (χ0) is 12.6. The summed E-state index contributed by atoms with van der Waals surface area (Å²) >= 11 is 0. The molecular weight excluding hydrogens is 212 g/mol. The van der Waals surface area contributed by atoms with Crippen LogP contribution in [0.1, 0.15) is 33.1 Å². The molecule has 0 amide bonds. The average Bonchev–Trinajstić information content (AvgIpc) is 2.60. The quantitative estimate of drug-likeness (QED) is 0.598. The first-order valence-corrected chi connectivity index (χ1v) is 6.14. The van der Waals surface area contributed by atoms with E-state index in [1.807, 2.05) is 12.1 Å². The topological polar surface area (TPSA) is 64.7 Å². The fourth-order valence-electron chi connectivity index (χ4n) is 3.23. The van der Waals surface area contributed by atoms with Gasteiger partial charge in [0.2, 0.25) is 0 Å². The molecule has 2 aliphatic carbocycles. The average molecular weight is 228 g/mol. The van der Waals surface area contributed by atoms with Crippen LogP contribution >= 0.6 is 0 Å². The number of carbonyl (C=O) groups excluding carboxylic acids is 1. The zero-order valence-corrected chi connectivity index (χ0v) is 10.2. The van der Waals surface area contributed by atoms with Crippen LogP contribution in [0.3, 0.4) is 0 Å². The predicted molar refractivity (Wildman–Crippen MR) is 62.4 cm³/mol. The van der Waals surface area contributed by atoms with Gasteiger partial charge in [-0.25, -0.2) is 0 Å². The van der Waals surface area contributed by atoms with Crippen LogP contribution in [0.5, 0.6) is 0 Å². The number of nitrogens with zero attached hydrogens (tertiary/aromatic N) is 2. The number of fused-ring (bicyclic) bond motifs is 1. The highest BCUT2D eigenvalue weighted by Crippen LogP contribution is 2.48. The van der Waals surface area contributed by atoms with Gasteiger partial charge in [0.05, 0.1) is 0 Å². The number of carbonyl (C=O) groups is 1. The molecule has 2 fully saturated rings. The Morgan fingerprint density at radius 1 is 1.12 bits per heavy atom. The minimum absolute atomic E-state index is 0.0629. The van der Waals surface area contributed by atoms with Crippen molar-refractivity contribution in [2.24, 2.45) is 23.7 Å². The molecule has 3 nitrogen and oxygen atoms in total. The van der Waals surface area contributed by atoms with Gasteiger partial charge in [0.25, 0.3) is 0 Å². The summed E-state index contributed by atoms with van der Waals surface area (Å²) in [6.07, 6.45) is 2.18. The summed E-state index contributed by atoms with van der Waals surface area (Å²) in [6.45, 7) is 4.38. The van der Waals surface area contributed by atoms with Crippen molar-refractivity contribution >= 4 is 5.78 Å². The Hall–Kier alpha value is -1.61. The SMILES string of the molecule is CC1CC2C(=O)CC(=C(C#N)C#N)C2CC1C. The van der Waals surface area contributed by atoms with E-state index in [0.717, 1.165) is 18.4 Å². The van der Waals surface area contributed by atoms with Crippen LogP contribution in [0.4, 0.5) is 0 Å². The standard InChI is InChI=1S/C14H16N2O/c1-8-3-12-11(10(6-15)7-16)5-14(17)13(12)4-9(8)2/h8-9,12-13H,3-5H2,1-2H3. The van der Waals surface area contributed by atoms with Crippen LogP contribution in [0.15, 0.2) is 11.1 Å². The molecule has 88 valence electrons. The maximum atomic E-state index is 12.0. The predicted octanol–water partition coefficient (Wildman–Crippen LogP) is 2.60. The number of ketones is 1. The van der Waals surface area contributed by atoms with E-state index in [1.165, 1.54) is 0 Å². The van der Waals surface area contributed by atoms with Crippen LogP contribution < -0.4 is 0 Å². The minimum atomic E-state index is 0.0629. The summed E-state index contributed by atoms with van der Waals surface area (Å²) in [7, 11) is 0. The number of hydrogen-bond donors (Lipinski definition) is 0. The highest BCUT2D eigenvalue weighted by molar-refractivity contribution is 5.88. The maximum Gasteiger partial charge on any atom is 0.140 e. The third-order valence-corrected chi connectivity index (χ3v) is 4.48. The Labute approximate surface area is 102 Å². The van der Waals surface area contributed by atoms with Crippen LogP contribution in [-0.2, 0) is 4.79 Å². The number of nitriles is 2. The highest BCUT2D eigenvalue weighted by Gasteiger charge is 2.44. The summed E-state index contributed by atoms with van der Waals surface area (Å²) in [5.74, 6) is 1.57. The van der Waals surface area contributed by atoms with Gasteiger partial charge in [-0.1, -0.05) is 13.8 Å². The van der Waals surface area contributed by atoms with Gasteiger partial charge < -0.3 is 0 Å². The van der Waals surface area contributed by atoms with E-state index in [1.54, 1.807) is 0 Å². The first-order chi connectivity index (χ1) is 8.08. The molecule has 0 aromatic carbocycles. The molecule has 2 rings (SSSR count). The van der Waals surface area contributed by atoms with E-state index < -0.39 is 0 Å². The second-order valence-electron chi connectivity index (χ2n) is 5.41. The van der Waals surface area contributed by atoms with Crippen molar-refractivity contribution in [3.05, 3.63) is 11.1 Å². The largest absolute Gasteiger partial charge is 0.299 e. The summed E-state index contributed by atoms with van der Waals surface area (Å²) in [4.78, 5) is 12.0. The number of hydrogen-bond acceptors (Lipinski definition) is 3. The lowest BCUT2D eigenvalue weighted by molar-refractivity contribution is -0.122. The first-order valence-electron chi connectivity index (χ1n) is 6.14. The number of Topliss-reactive ketones (excluding diaryl/α,β-unsaturated/α-hetero) is 1. The van der Waals surface area contributed by atoms with Gasteiger partial charge in [0, 0.05) is 12.3 Å². The van der Waals surface area contributed by atoms with Gasteiger partial charge in [0.1, 0.15) is 23.5 Å². The van der Waals surface area contributed by atoms with Gasteiger partial charge in [0.15, 0.2) is 0 Å². The van der Waals surface area contributed by atoms with Gasteiger partial charge in [-0.2, -0.15) is 10.5 Å². The third kappa shape index (κ3) is 1.87. The maximum absolute atomic E-state index is 12.0. The normalized spacial score (nSPS) is 36.0. The number of rotatable bonds is 0. The molecule has 0 aliphatic heterocycles. The zero-order valence-electron chi connectivity index (χ0n) is 10.2. The molecule has 0 saturated heterocycles. The van der Waals surface area contributed by atoms with E-state index in [9.17, 15) is 4.79 Å². The van der Waals surface area contributed by atoms with Crippen LogP contribution in [0.2, 0.25) is 0 Å². The van der Waals surface area contributed by atoms with Crippen LogP contribution in [0, 0.1) is 46.3 Å². The first kappa shape index (κ1) is 11.9. The van der Waals surface area contributed by atoms with E-state index >= 15 is 0 Å². The molecule has 0 heterocycles. The fourth-order valence-corrected chi connectivity index (χ4v) is 3.23. The summed E-state index contributed by atoms with van der Waals surface area (Å²) < 4.78 is 0. The van der Waals surface area contributed by atoms with E-state index in [2.05, 4.69) is 13.8 Å². The molecule has 3 heteroatoms. The highest BCUT2D eigenvalue weighted by atomic mass is 16.1. The van der Waals surface area contributed by atoms with Crippen LogP contribution in [-0.4, -0.2) is 5.78 Å². The molecule has 17 heavy (non-hydrogen) atoms. The lowest BCUT2D eigenvalue weighted by Crippen LogP contribution is -2.29. The fraction of sp³-hybridized carbons (Fsp3) is 0.643. The molecule has 2 aliphatic rings. The van der Waals surface area contributed by atoms with Crippen molar-refractivity contribution in [1.29, 1.82) is 10.5 Å². The Kier molecular flexibility index (Phi) is 3.03. The van der Waals surface area contributed by atoms with Crippen molar-refractivity contribution in [3.63, 3.8) is 0 Å². The second kappa shape index (κ2) is 4.34. The molecule has 2 saturated carbocycles. The van der Waals surface area contributed by atoms with Gasteiger partial charge in [-0.3, -0.25) is 4.79 Å². The second-order valence-corrected chi connectivity index (χ2v) is 5.41. The van der Waals surface area contributed by atoms with Crippen molar-refractivity contribution < 1.29 is 4.79 Å². The molecule has 0 bridgehead atoms. The van der Waals surface area contributed by atoms with Crippen molar-refractivity contribution in [2.75, 3.05) is 0 Å². The van der Waals surface area contributed by atoms with Crippen LogP contribution in [0.25, 0.3) is 0 Å². The lowest BCUT2D eigenvalue weighted by atomic mass is 9.69. The molecule has 0 aromatic rings. The van der Waals surface area contributed by atoms with Crippen molar-refractivity contribution in [2.45, 2.75) is 33.1 Å². The molecule has 0 spiro atoms. The third-order valence-electron chi connectivity index (χ3n) is 4.48. The van der Waals surface area contributed by atoms with E-state index in [-0.39, 0.29) is 23.2 Å². The van der Waals surface area contributed by atoms with Gasteiger partial charge in [-0.15, -0.1) is 0 Å². The summed E-state index contributed by atoms with van der Waals surface area (Å²) in [5.41, 5.74) is 0.983. The monoisotopic (exact) mass is 228 g/mol. The molecular formula is C14H16N2O. The minimum Gasteiger partial charge on any atom is -0.299 e. The Morgan fingerprint density at radius 3 is 2.18 bits per heavy atom.